The predicted molar refractivity (Wildman–Crippen MR) is 87.6 cm³/mol. The van der Waals surface area contributed by atoms with Gasteiger partial charge in [-0.25, -0.2) is 4.98 Å². The lowest BCUT2D eigenvalue weighted by Crippen LogP contribution is -2.17. The molecule has 1 aliphatic rings. The Hall–Kier alpha value is -1.95. The van der Waals surface area contributed by atoms with Crippen molar-refractivity contribution in [3.8, 4) is 0 Å². The fraction of sp³-hybridized carbons (Fsp3) is 0.400. The third kappa shape index (κ3) is 3.05. The molecule has 21 heavy (non-hydrogen) atoms. The Morgan fingerprint density at radius 1 is 1.48 bits per heavy atom. The minimum Gasteiger partial charge on any atom is -0.389 e. The molecule has 1 aliphatic carbocycles. The molecule has 0 aliphatic heterocycles. The molecule has 0 saturated carbocycles. The van der Waals surface area contributed by atoms with Gasteiger partial charge in [-0.2, -0.15) is 5.10 Å². The highest BCUT2D eigenvalue weighted by molar-refractivity contribution is 7.80. The number of rotatable bonds is 5. The zero-order chi connectivity index (χ0) is 14.8. The summed E-state index contributed by atoms with van der Waals surface area (Å²) in [6.45, 7) is 0.762. The fourth-order valence-corrected chi connectivity index (χ4v) is 2.86. The van der Waals surface area contributed by atoms with E-state index in [1.165, 1.54) is 11.3 Å². The van der Waals surface area contributed by atoms with E-state index in [2.05, 4.69) is 16.5 Å². The lowest BCUT2D eigenvalue weighted by molar-refractivity contribution is 0.742. The lowest BCUT2D eigenvalue weighted by Gasteiger charge is -2.12. The Kier molecular flexibility index (Phi) is 3.88. The second-order valence-corrected chi connectivity index (χ2v) is 5.81. The van der Waals surface area contributed by atoms with Crippen LogP contribution in [-0.2, 0) is 26.3 Å². The zero-order valence-corrected chi connectivity index (χ0v) is 12.9. The van der Waals surface area contributed by atoms with Crippen molar-refractivity contribution in [3.05, 3.63) is 40.8 Å². The maximum atomic E-state index is 5.83. The highest BCUT2D eigenvalue weighted by atomic mass is 32.1. The summed E-state index contributed by atoms with van der Waals surface area (Å²) in [4.78, 5) is 5.11. The molecule has 0 atom stereocenters. The zero-order valence-electron chi connectivity index (χ0n) is 12.1. The van der Waals surface area contributed by atoms with Crippen molar-refractivity contribution in [2.45, 2.75) is 25.7 Å². The van der Waals surface area contributed by atoms with Crippen molar-refractivity contribution in [1.29, 1.82) is 0 Å². The summed E-state index contributed by atoms with van der Waals surface area (Å²) in [5.41, 5.74) is 10.2. The summed E-state index contributed by atoms with van der Waals surface area (Å²) in [5.74, 6) is 0.805. The van der Waals surface area contributed by atoms with Crippen LogP contribution in [0.15, 0.2) is 18.3 Å². The first-order valence-corrected chi connectivity index (χ1v) is 7.59. The molecule has 2 aromatic heterocycles. The van der Waals surface area contributed by atoms with Crippen molar-refractivity contribution in [2.75, 3.05) is 11.9 Å². The highest BCUT2D eigenvalue weighted by Gasteiger charge is 2.17. The maximum Gasteiger partial charge on any atom is 0.136 e. The third-order valence-corrected chi connectivity index (χ3v) is 3.98. The number of hydrogen-bond donors (Lipinski definition) is 2. The van der Waals surface area contributed by atoms with Gasteiger partial charge in [0.2, 0.25) is 0 Å². The molecule has 0 aromatic carbocycles. The molecule has 0 radical (unpaired) electrons. The van der Waals surface area contributed by atoms with Gasteiger partial charge in [-0.1, -0.05) is 12.2 Å². The number of anilines is 1. The molecule has 0 saturated heterocycles. The minimum atomic E-state index is 0.400. The fourth-order valence-electron chi connectivity index (χ4n) is 2.70. The van der Waals surface area contributed by atoms with Gasteiger partial charge in [0.25, 0.3) is 0 Å². The number of fused-ring (bicyclic) bond motifs is 1. The van der Waals surface area contributed by atoms with Crippen molar-refractivity contribution in [2.24, 2.45) is 12.8 Å². The van der Waals surface area contributed by atoms with Crippen molar-refractivity contribution < 1.29 is 0 Å². The van der Waals surface area contributed by atoms with E-state index in [1.54, 1.807) is 0 Å². The van der Waals surface area contributed by atoms with Crippen LogP contribution in [0.1, 0.15) is 28.9 Å². The maximum absolute atomic E-state index is 5.83. The molecule has 2 aromatic rings. The number of aryl methyl sites for hydroxylation is 3. The van der Waals surface area contributed by atoms with Gasteiger partial charge in [-0.15, -0.1) is 0 Å². The van der Waals surface area contributed by atoms with Gasteiger partial charge in [0.15, 0.2) is 0 Å². The van der Waals surface area contributed by atoms with Crippen LogP contribution < -0.4 is 11.1 Å². The quantitative estimate of drug-likeness (QED) is 0.821. The van der Waals surface area contributed by atoms with E-state index in [0.29, 0.717) is 4.99 Å². The Bertz CT molecular complexity index is 677. The molecular weight excluding hydrogens is 282 g/mol. The highest BCUT2D eigenvalue weighted by Crippen LogP contribution is 2.25. The van der Waals surface area contributed by atoms with Gasteiger partial charge >= 0.3 is 0 Å². The average molecular weight is 301 g/mol. The molecule has 0 bridgehead atoms. The van der Waals surface area contributed by atoms with Crippen LogP contribution in [0.25, 0.3) is 0 Å². The second kappa shape index (κ2) is 5.81. The van der Waals surface area contributed by atoms with Crippen LogP contribution in [0.2, 0.25) is 0 Å². The van der Waals surface area contributed by atoms with E-state index in [4.69, 9.17) is 22.9 Å². The van der Waals surface area contributed by atoms with E-state index >= 15 is 0 Å². The molecule has 0 unspecified atom stereocenters. The summed E-state index contributed by atoms with van der Waals surface area (Å²) < 4.78 is 1.81. The van der Waals surface area contributed by atoms with Crippen LogP contribution in [0.4, 0.5) is 5.82 Å². The Balaban J connectivity index is 1.73. The SMILES string of the molecule is Cn1ccc(CCNc2nc3c(cc2C(N)=S)CCC3)n1. The molecule has 2 heterocycles. The third-order valence-electron chi connectivity index (χ3n) is 3.76. The molecule has 6 heteroatoms. The Labute approximate surface area is 129 Å². The number of hydrogen-bond acceptors (Lipinski definition) is 4. The van der Waals surface area contributed by atoms with Gasteiger partial charge in [0, 0.05) is 31.9 Å². The van der Waals surface area contributed by atoms with Crippen molar-refractivity contribution in [3.63, 3.8) is 0 Å². The smallest absolute Gasteiger partial charge is 0.136 e. The first-order chi connectivity index (χ1) is 10.1. The van der Waals surface area contributed by atoms with Crippen LogP contribution in [0.5, 0.6) is 0 Å². The summed E-state index contributed by atoms with van der Waals surface area (Å²) in [6, 6.07) is 4.12. The lowest BCUT2D eigenvalue weighted by atomic mass is 10.1. The van der Waals surface area contributed by atoms with E-state index in [9.17, 15) is 0 Å². The number of nitrogens with zero attached hydrogens (tertiary/aromatic N) is 3. The van der Waals surface area contributed by atoms with E-state index in [-0.39, 0.29) is 0 Å². The number of nitrogens with two attached hydrogens (primary N) is 1. The largest absolute Gasteiger partial charge is 0.389 e. The van der Waals surface area contributed by atoms with Crippen LogP contribution in [0, 0.1) is 0 Å². The molecule has 0 amide bonds. The predicted octanol–water partition coefficient (Wildman–Crippen LogP) is 1.59. The van der Waals surface area contributed by atoms with E-state index in [0.717, 1.165) is 49.3 Å². The number of nitrogens with one attached hydrogen (secondary N) is 1. The molecule has 3 N–H and O–H groups in total. The standard InChI is InChI=1S/C15H19N5S/c1-20-8-6-11(19-20)5-7-17-15-12(14(16)21)9-10-3-2-4-13(10)18-15/h6,8-9H,2-5,7H2,1H3,(H2,16,21)(H,17,18). The van der Waals surface area contributed by atoms with Gasteiger partial charge in [-0.05, 0) is 37.0 Å². The normalized spacial score (nSPS) is 13.2. The van der Waals surface area contributed by atoms with E-state index < -0.39 is 0 Å². The number of aromatic nitrogens is 3. The van der Waals surface area contributed by atoms with Gasteiger partial charge in [0.05, 0.1) is 11.3 Å². The Morgan fingerprint density at radius 2 is 2.33 bits per heavy atom. The molecule has 0 fully saturated rings. The van der Waals surface area contributed by atoms with Crippen LogP contribution in [0.3, 0.4) is 0 Å². The van der Waals surface area contributed by atoms with Crippen molar-refractivity contribution >= 4 is 23.0 Å². The monoisotopic (exact) mass is 301 g/mol. The van der Waals surface area contributed by atoms with Crippen LogP contribution in [-0.4, -0.2) is 26.3 Å². The second-order valence-electron chi connectivity index (χ2n) is 5.37. The summed E-state index contributed by atoms with van der Waals surface area (Å²) >= 11 is 5.15. The summed E-state index contributed by atoms with van der Waals surface area (Å²) in [7, 11) is 1.92. The number of thiocarbonyl (C=S) groups is 1. The van der Waals surface area contributed by atoms with Crippen molar-refractivity contribution in [1.82, 2.24) is 14.8 Å². The average Bonchev–Trinajstić information content (AvgIpc) is 3.06. The molecular formula is C15H19N5S. The summed E-state index contributed by atoms with van der Waals surface area (Å²) in [5, 5.41) is 7.72. The molecule has 5 nitrogen and oxygen atoms in total. The molecule has 0 spiro atoms. The van der Waals surface area contributed by atoms with Gasteiger partial charge in [-0.3, -0.25) is 4.68 Å². The van der Waals surface area contributed by atoms with Gasteiger partial charge in [0.1, 0.15) is 10.8 Å². The van der Waals surface area contributed by atoms with Gasteiger partial charge < -0.3 is 11.1 Å². The molecule has 110 valence electrons. The topological polar surface area (TPSA) is 68.8 Å². The number of pyridine rings is 1. The first kappa shape index (κ1) is 14.0. The molecule has 3 rings (SSSR count). The van der Waals surface area contributed by atoms with Crippen LogP contribution >= 0.6 is 12.2 Å². The first-order valence-electron chi connectivity index (χ1n) is 7.18. The van der Waals surface area contributed by atoms with E-state index in [1.807, 2.05) is 24.0 Å². The minimum absolute atomic E-state index is 0.400. The Morgan fingerprint density at radius 3 is 3.05 bits per heavy atom. The summed E-state index contributed by atoms with van der Waals surface area (Å²) in [6.07, 6.45) is 6.07.